The maximum Gasteiger partial charge on any atom is 0.275 e. The molecule has 0 atom stereocenters. The third kappa shape index (κ3) is 3.00. The molecule has 0 saturated carbocycles. The second-order valence-corrected chi connectivity index (χ2v) is 4.49. The Kier molecular flexibility index (Phi) is 3.97. The smallest absolute Gasteiger partial charge is 0.275 e. The number of nitrogens with two attached hydrogens (primary N) is 1. The first-order chi connectivity index (χ1) is 9.11. The Bertz CT molecular complexity index is 589. The maximum absolute atomic E-state index is 12.1. The fourth-order valence-electron chi connectivity index (χ4n) is 1.82. The number of aryl methyl sites for hydroxylation is 1. The number of benzene rings is 1. The van der Waals surface area contributed by atoms with Gasteiger partial charge in [-0.15, -0.1) is 0 Å². The molecule has 19 heavy (non-hydrogen) atoms. The highest BCUT2D eigenvalue weighted by atomic mass is 16.1. The summed E-state index contributed by atoms with van der Waals surface area (Å²) >= 11 is 0. The number of carbonyl (C=O) groups is 1. The first-order valence-electron chi connectivity index (χ1n) is 6.21. The number of anilines is 1. The van der Waals surface area contributed by atoms with Crippen LogP contribution in [0.15, 0.2) is 30.7 Å². The van der Waals surface area contributed by atoms with Crippen LogP contribution in [0.3, 0.4) is 0 Å². The van der Waals surface area contributed by atoms with Gasteiger partial charge in [0.15, 0.2) is 0 Å². The van der Waals surface area contributed by atoms with Gasteiger partial charge in [-0.25, -0.2) is 4.98 Å². The summed E-state index contributed by atoms with van der Waals surface area (Å²) in [7, 11) is 0. The molecule has 0 saturated heterocycles. The van der Waals surface area contributed by atoms with E-state index < -0.39 is 0 Å². The van der Waals surface area contributed by atoms with Crippen LogP contribution in [0.5, 0.6) is 0 Å². The van der Waals surface area contributed by atoms with Gasteiger partial charge in [0.2, 0.25) is 0 Å². The number of hydrogen-bond acceptors (Lipinski definition) is 3. The fraction of sp³-hybridized carbons (Fsp3) is 0.286. The third-order valence-corrected chi connectivity index (χ3v) is 3.11. The zero-order valence-corrected chi connectivity index (χ0v) is 11.2. The van der Waals surface area contributed by atoms with Crippen LogP contribution in [0.1, 0.15) is 21.6 Å². The Morgan fingerprint density at radius 1 is 1.42 bits per heavy atom. The lowest BCUT2D eigenvalue weighted by Gasteiger charge is -2.09. The standard InChI is InChI=1S/C14H18N4O/c1-10-4-3-5-12(11(10)2)17-14(19)13-8-18(7-6-15)9-16-13/h3-5,8-9H,6-7,15H2,1-2H3,(H,17,19). The topological polar surface area (TPSA) is 72.9 Å². The van der Waals surface area contributed by atoms with E-state index in [0.717, 1.165) is 16.8 Å². The van der Waals surface area contributed by atoms with E-state index in [1.54, 1.807) is 17.1 Å². The van der Waals surface area contributed by atoms with Crippen LogP contribution < -0.4 is 11.1 Å². The summed E-state index contributed by atoms with van der Waals surface area (Å²) in [4.78, 5) is 16.2. The van der Waals surface area contributed by atoms with E-state index >= 15 is 0 Å². The molecular formula is C14H18N4O. The molecule has 2 aromatic rings. The Hall–Kier alpha value is -2.14. The van der Waals surface area contributed by atoms with Crippen molar-refractivity contribution < 1.29 is 4.79 Å². The highest BCUT2D eigenvalue weighted by Crippen LogP contribution is 2.18. The van der Waals surface area contributed by atoms with Crippen LogP contribution in [0.4, 0.5) is 5.69 Å². The van der Waals surface area contributed by atoms with Crippen molar-refractivity contribution in [1.29, 1.82) is 0 Å². The summed E-state index contributed by atoms with van der Waals surface area (Å²) in [6.07, 6.45) is 3.32. The lowest BCUT2D eigenvalue weighted by molar-refractivity contribution is 0.102. The predicted molar refractivity (Wildman–Crippen MR) is 75.2 cm³/mol. The van der Waals surface area contributed by atoms with E-state index in [2.05, 4.69) is 10.3 Å². The molecule has 0 bridgehead atoms. The molecule has 0 aliphatic heterocycles. The van der Waals surface area contributed by atoms with Crippen molar-refractivity contribution in [3.8, 4) is 0 Å². The Morgan fingerprint density at radius 3 is 2.95 bits per heavy atom. The molecule has 0 radical (unpaired) electrons. The van der Waals surface area contributed by atoms with Crippen LogP contribution in [-0.4, -0.2) is 22.0 Å². The van der Waals surface area contributed by atoms with Gasteiger partial charge >= 0.3 is 0 Å². The molecule has 100 valence electrons. The Morgan fingerprint density at radius 2 is 2.21 bits per heavy atom. The van der Waals surface area contributed by atoms with Gasteiger partial charge in [0.05, 0.1) is 6.33 Å². The minimum atomic E-state index is -0.204. The van der Waals surface area contributed by atoms with Crippen molar-refractivity contribution in [3.63, 3.8) is 0 Å². The number of hydrogen-bond donors (Lipinski definition) is 2. The van der Waals surface area contributed by atoms with E-state index in [1.807, 2.05) is 32.0 Å². The van der Waals surface area contributed by atoms with Crippen LogP contribution in [0, 0.1) is 13.8 Å². The normalized spacial score (nSPS) is 10.5. The summed E-state index contributed by atoms with van der Waals surface area (Å²) in [6.45, 7) is 5.18. The summed E-state index contributed by atoms with van der Waals surface area (Å²) in [5.41, 5.74) is 8.88. The van der Waals surface area contributed by atoms with E-state index in [0.29, 0.717) is 18.8 Å². The number of imidazole rings is 1. The van der Waals surface area contributed by atoms with Crippen molar-refractivity contribution in [2.24, 2.45) is 5.73 Å². The molecule has 1 heterocycles. The fourth-order valence-corrected chi connectivity index (χ4v) is 1.82. The summed E-state index contributed by atoms with van der Waals surface area (Å²) in [6, 6.07) is 5.82. The zero-order valence-electron chi connectivity index (χ0n) is 11.2. The lowest BCUT2D eigenvalue weighted by atomic mass is 10.1. The van der Waals surface area contributed by atoms with Gasteiger partial charge in [0.1, 0.15) is 5.69 Å². The average Bonchev–Trinajstić information content (AvgIpc) is 2.84. The molecule has 0 aliphatic rings. The summed E-state index contributed by atoms with van der Waals surface area (Å²) in [5.74, 6) is -0.204. The molecule has 1 aromatic heterocycles. The highest BCUT2D eigenvalue weighted by Gasteiger charge is 2.11. The first kappa shape index (κ1) is 13.3. The predicted octanol–water partition coefficient (Wildman–Crippen LogP) is 1.71. The van der Waals surface area contributed by atoms with Gasteiger partial charge in [-0.2, -0.15) is 0 Å². The van der Waals surface area contributed by atoms with E-state index in [4.69, 9.17) is 5.73 Å². The van der Waals surface area contributed by atoms with Gasteiger partial charge in [-0.1, -0.05) is 12.1 Å². The molecule has 0 spiro atoms. The van der Waals surface area contributed by atoms with Crippen LogP contribution in [0.25, 0.3) is 0 Å². The number of amides is 1. The van der Waals surface area contributed by atoms with Gasteiger partial charge in [0.25, 0.3) is 5.91 Å². The number of nitrogens with one attached hydrogen (secondary N) is 1. The average molecular weight is 258 g/mol. The monoisotopic (exact) mass is 258 g/mol. The van der Waals surface area contributed by atoms with Crippen LogP contribution in [-0.2, 0) is 6.54 Å². The zero-order chi connectivity index (χ0) is 13.8. The van der Waals surface area contributed by atoms with Crippen molar-refractivity contribution in [3.05, 3.63) is 47.5 Å². The second kappa shape index (κ2) is 5.67. The van der Waals surface area contributed by atoms with Crippen LogP contribution >= 0.6 is 0 Å². The quantitative estimate of drug-likeness (QED) is 0.876. The maximum atomic E-state index is 12.1. The lowest BCUT2D eigenvalue weighted by Crippen LogP contribution is -2.14. The molecule has 5 heteroatoms. The van der Waals surface area contributed by atoms with Gasteiger partial charge in [0, 0.05) is 25.0 Å². The van der Waals surface area contributed by atoms with Gasteiger partial charge in [-0.05, 0) is 31.0 Å². The molecule has 3 N–H and O–H groups in total. The highest BCUT2D eigenvalue weighted by molar-refractivity contribution is 6.03. The molecule has 1 amide bonds. The third-order valence-electron chi connectivity index (χ3n) is 3.11. The van der Waals surface area contributed by atoms with Gasteiger partial charge in [-0.3, -0.25) is 4.79 Å². The molecular weight excluding hydrogens is 240 g/mol. The van der Waals surface area contributed by atoms with E-state index in [1.165, 1.54) is 0 Å². The van der Waals surface area contributed by atoms with E-state index in [-0.39, 0.29) is 5.91 Å². The minimum Gasteiger partial charge on any atom is -0.335 e. The molecule has 2 rings (SSSR count). The van der Waals surface area contributed by atoms with E-state index in [9.17, 15) is 4.79 Å². The molecule has 0 aliphatic carbocycles. The second-order valence-electron chi connectivity index (χ2n) is 4.49. The van der Waals surface area contributed by atoms with Crippen molar-refractivity contribution in [2.45, 2.75) is 20.4 Å². The summed E-state index contributed by atoms with van der Waals surface area (Å²) < 4.78 is 1.80. The first-order valence-corrected chi connectivity index (χ1v) is 6.21. The Balaban J connectivity index is 2.14. The molecule has 1 aromatic carbocycles. The number of aromatic nitrogens is 2. The number of nitrogens with zero attached hydrogens (tertiary/aromatic N) is 2. The SMILES string of the molecule is Cc1cccc(NC(=O)c2cn(CCN)cn2)c1C. The summed E-state index contributed by atoms with van der Waals surface area (Å²) in [5, 5.41) is 2.88. The Labute approximate surface area is 112 Å². The largest absolute Gasteiger partial charge is 0.335 e. The van der Waals surface area contributed by atoms with Crippen molar-refractivity contribution in [2.75, 3.05) is 11.9 Å². The molecule has 5 nitrogen and oxygen atoms in total. The molecule has 0 fully saturated rings. The van der Waals surface area contributed by atoms with Crippen molar-refractivity contribution in [1.82, 2.24) is 9.55 Å². The minimum absolute atomic E-state index is 0.204. The molecule has 0 unspecified atom stereocenters. The number of carbonyl (C=O) groups excluding carboxylic acids is 1. The van der Waals surface area contributed by atoms with Crippen LogP contribution in [0.2, 0.25) is 0 Å². The number of rotatable bonds is 4. The van der Waals surface area contributed by atoms with Crippen molar-refractivity contribution >= 4 is 11.6 Å². The van der Waals surface area contributed by atoms with Gasteiger partial charge < -0.3 is 15.6 Å².